The molecule has 0 aliphatic carbocycles. The van der Waals surface area contributed by atoms with Crippen molar-refractivity contribution in [3.8, 4) is 0 Å². The van der Waals surface area contributed by atoms with Crippen molar-refractivity contribution in [2.24, 2.45) is 0 Å². The van der Waals surface area contributed by atoms with E-state index in [1.807, 2.05) is 0 Å². The fourth-order valence-electron chi connectivity index (χ4n) is 2.85. The Bertz CT molecular complexity index is 612. The van der Waals surface area contributed by atoms with Crippen LogP contribution < -0.4 is 5.32 Å². The summed E-state index contributed by atoms with van der Waals surface area (Å²) in [6, 6.07) is 5.20. The molecule has 1 fully saturated rings. The summed E-state index contributed by atoms with van der Waals surface area (Å²) < 4.78 is 18.2. The molecule has 1 aliphatic rings. The minimum atomic E-state index is -0.895. The minimum Gasteiger partial charge on any atom is -0.444 e. The zero-order valence-electron chi connectivity index (χ0n) is 14.8. The number of carbonyl (C=O) groups excluding carboxylic acids is 2. The lowest BCUT2D eigenvalue weighted by Gasteiger charge is -2.29. The van der Waals surface area contributed by atoms with Crippen LogP contribution in [0.4, 0.5) is 9.18 Å². The molecule has 25 heavy (non-hydrogen) atoms. The third-order valence-electron chi connectivity index (χ3n) is 3.97. The monoisotopic (exact) mass is 352 g/mol. The summed E-state index contributed by atoms with van der Waals surface area (Å²) in [6.07, 6.45) is -0.581. The first-order valence-electron chi connectivity index (χ1n) is 8.37. The SMILES string of the molecule is CC(C)(C)OC(=O)NCCN1C(=O)CC[C@H]1C(O)c1ccc(F)cc1. The summed E-state index contributed by atoms with van der Waals surface area (Å²) in [7, 11) is 0. The van der Waals surface area contributed by atoms with Crippen molar-refractivity contribution in [2.75, 3.05) is 13.1 Å². The van der Waals surface area contributed by atoms with Crippen molar-refractivity contribution in [1.82, 2.24) is 10.2 Å². The Morgan fingerprint density at radius 1 is 1.40 bits per heavy atom. The number of rotatable bonds is 5. The number of nitrogens with one attached hydrogen (secondary N) is 1. The van der Waals surface area contributed by atoms with Crippen LogP contribution in [0.25, 0.3) is 0 Å². The zero-order valence-corrected chi connectivity index (χ0v) is 14.8. The minimum absolute atomic E-state index is 0.0721. The van der Waals surface area contributed by atoms with Gasteiger partial charge in [-0.25, -0.2) is 9.18 Å². The van der Waals surface area contributed by atoms with Crippen molar-refractivity contribution in [2.45, 2.75) is 51.4 Å². The van der Waals surface area contributed by atoms with Crippen LogP contribution in [0, 0.1) is 5.82 Å². The average molecular weight is 352 g/mol. The molecule has 2 amide bonds. The number of amides is 2. The second-order valence-corrected chi connectivity index (χ2v) is 7.12. The lowest BCUT2D eigenvalue weighted by molar-refractivity contribution is -0.130. The van der Waals surface area contributed by atoms with Crippen LogP contribution in [-0.2, 0) is 9.53 Å². The van der Waals surface area contributed by atoms with Crippen molar-refractivity contribution in [3.05, 3.63) is 35.6 Å². The maximum Gasteiger partial charge on any atom is 0.407 e. The molecule has 1 heterocycles. The summed E-state index contributed by atoms with van der Waals surface area (Å²) in [5.74, 6) is -0.450. The summed E-state index contributed by atoms with van der Waals surface area (Å²) in [4.78, 5) is 25.3. The Morgan fingerprint density at radius 3 is 2.64 bits per heavy atom. The average Bonchev–Trinajstić information content (AvgIpc) is 2.87. The molecular formula is C18H25FN2O4. The number of nitrogens with zero attached hydrogens (tertiary/aromatic N) is 1. The summed E-state index contributed by atoms with van der Waals surface area (Å²) in [6.45, 7) is 5.82. The fraction of sp³-hybridized carbons (Fsp3) is 0.556. The fourth-order valence-corrected chi connectivity index (χ4v) is 2.85. The number of halogens is 1. The van der Waals surface area contributed by atoms with Gasteiger partial charge in [0.25, 0.3) is 0 Å². The molecule has 0 radical (unpaired) electrons. The Kier molecular flexibility index (Phi) is 6.00. The normalized spacial score (nSPS) is 19.0. The van der Waals surface area contributed by atoms with Gasteiger partial charge >= 0.3 is 6.09 Å². The van der Waals surface area contributed by atoms with Crippen LogP contribution in [0.5, 0.6) is 0 Å². The number of likely N-dealkylation sites (tertiary alicyclic amines) is 1. The Morgan fingerprint density at radius 2 is 2.04 bits per heavy atom. The Hall–Kier alpha value is -2.15. The lowest BCUT2D eigenvalue weighted by atomic mass is 10.0. The van der Waals surface area contributed by atoms with Crippen LogP contribution in [0.15, 0.2) is 24.3 Å². The van der Waals surface area contributed by atoms with E-state index in [4.69, 9.17) is 4.74 Å². The Balaban J connectivity index is 1.92. The molecule has 1 aliphatic heterocycles. The van der Waals surface area contributed by atoms with Gasteiger partial charge in [0.1, 0.15) is 11.4 Å². The van der Waals surface area contributed by atoms with E-state index in [1.165, 1.54) is 24.3 Å². The molecule has 138 valence electrons. The summed E-state index contributed by atoms with van der Waals surface area (Å²) >= 11 is 0. The predicted molar refractivity (Wildman–Crippen MR) is 90.3 cm³/mol. The van der Waals surface area contributed by atoms with Crippen molar-refractivity contribution in [3.63, 3.8) is 0 Å². The molecule has 0 bridgehead atoms. The van der Waals surface area contributed by atoms with Crippen LogP contribution >= 0.6 is 0 Å². The number of alkyl carbamates (subject to hydrolysis) is 1. The van der Waals surface area contributed by atoms with E-state index in [0.29, 0.717) is 18.4 Å². The predicted octanol–water partition coefficient (Wildman–Crippen LogP) is 2.37. The maximum atomic E-state index is 13.0. The van der Waals surface area contributed by atoms with Gasteiger partial charge in [-0.15, -0.1) is 0 Å². The highest BCUT2D eigenvalue weighted by Gasteiger charge is 2.36. The van der Waals surface area contributed by atoms with E-state index in [2.05, 4.69) is 5.32 Å². The molecule has 6 nitrogen and oxygen atoms in total. The molecule has 2 N–H and O–H groups in total. The van der Waals surface area contributed by atoms with Gasteiger partial charge in [-0.3, -0.25) is 4.79 Å². The van der Waals surface area contributed by atoms with Crippen molar-refractivity contribution in [1.29, 1.82) is 0 Å². The highest BCUT2D eigenvalue weighted by molar-refractivity contribution is 5.79. The highest BCUT2D eigenvalue weighted by Crippen LogP contribution is 2.29. The summed E-state index contributed by atoms with van der Waals surface area (Å²) in [5, 5.41) is 13.1. The van der Waals surface area contributed by atoms with E-state index in [9.17, 15) is 19.1 Å². The maximum absolute atomic E-state index is 13.0. The largest absolute Gasteiger partial charge is 0.444 e. The van der Waals surface area contributed by atoms with E-state index in [0.717, 1.165) is 0 Å². The van der Waals surface area contributed by atoms with Crippen molar-refractivity contribution < 1.29 is 23.8 Å². The molecule has 1 saturated heterocycles. The van der Waals surface area contributed by atoms with Crippen LogP contribution in [0.1, 0.15) is 45.3 Å². The number of benzene rings is 1. The van der Waals surface area contributed by atoms with Gasteiger partial charge < -0.3 is 20.1 Å². The van der Waals surface area contributed by atoms with E-state index < -0.39 is 23.8 Å². The van der Waals surface area contributed by atoms with Gasteiger partial charge in [0.15, 0.2) is 0 Å². The third kappa shape index (κ3) is 5.42. The van der Waals surface area contributed by atoms with E-state index >= 15 is 0 Å². The third-order valence-corrected chi connectivity index (χ3v) is 3.97. The molecule has 1 unspecified atom stereocenters. The molecule has 7 heteroatoms. The number of carbonyl (C=O) groups is 2. The van der Waals surface area contributed by atoms with Gasteiger partial charge in [0.05, 0.1) is 12.1 Å². The molecule has 2 atom stereocenters. The number of aliphatic hydroxyl groups excluding tert-OH is 1. The smallest absolute Gasteiger partial charge is 0.407 e. The first-order chi connectivity index (χ1) is 11.7. The topological polar surface area (TPSA) is 78.9 Å². The molecular weight excluding hydrogens is 327 g/mol. The van der Waals surface area contributed by atoms with Crippen LogP contribution in [0.3, 0.4) is 0 Å². The molecule has 0 spiro atoms. The zero-order chi connectivity index (χ0) is 18.6. The number of hydrogen-bond acceptors (Lipinski definition) is 4. The quantitative estimate of drug-likeness (QED) is 0.853. The molecule has 1 aromatic rings. The standard InChI is InChI=1S/C18H25FN2O4/c1-18(2,3)25-17(24)20-10-11-21-14(8-9-15(21)22)16(23)12-4-6-13(19)7-5-12/h4-7,14,16,23H,8-11H2,1-3H3,(H,20,24)/t14-,16?/m0/s1. The van der Waals surface area contributed by atoms with Crippen LogP contribution in [0.2, 0.25) is 0 Å². The molecule has 1 aromatic carbocycles. The lowest BCUT2D eigenvalue weighted by Crippen LogP contribution is -2.43. The number of ether oxygens (including phenoxy) is 1. The first-order valence-corrected chi connectivity index (χ1v) is 8.37. The summed E-state index contributed by atoms with van der Waals surface area (Å²) in [5.41, 5.74) is -0.0271. The first kappa shape index (κ1) is 19.2. The van der Waals surface area contributed by atoms with Crippen molar-refractivity contribution >= 4 is 12.0 Å². The second-order valence-electron chi connectivity index (χ2n) is 7.12. The second kappa shape index (κ2) is 7.82. The van der Waals surface area contributed by atoms with Gasteiger partial charge in [-0.2, -0.15) is 0 Å². The van der Waals surface area contributed by atoms with Gasteiger partial charge in [0, 0.05) is 19.5 Å². The van der Waals surface area contributed by atoms with Gasteiger partial charge in [-0.1, -0.05) is 12.1 Å². The van der Waals surface area contributed by atoms with Gasteiger partial charge in [0.2, 0.25) is 5.91 Å². The molecule has 0 saturated carbocycles. The van der Waals surface area contributed by atoms with E-state index in [-0.39, 0.29) is 24.8 Å². The molecule has 0 aromatic heterocycles. The van der Waals surface area contributed by atoms with E-state index in [1.54, 1.807) is 25.7 Å². The van der Waals surface area contributed by atoms with Crippen LogP contribution in [-0.4, -0.2) is 46.7 Å². The Labute approximate surface area is 147 Å². The van der Waals surface area contributed by atoms with Gasteiger partial charge in [-0.05, 0) is 44.9 Å². The number of aliphatic hydroxyl groups is 1. The number of hydrogen-bond donors (Lipinski definition) is 2. The highest BCUT2D eigenvalue weighted by atomic mass is 19.1. The molecule has 2 rings (SSSR count).